The van der Waals surface area contributed by atoms with Crippen molar-refractivity contribution in [3.05, 3.63) is 60.7 Å². The van der Waals surface area contributed by atoms with Crippen molar-refractivity contribution in [2.24, 2.45) is 11.8 Å². The standard InChI is InChI=1S/C26H26N2O6S/c1-2-34-18-11-9-17(10-12-18)28-23(29)15-22(25(28)31)35-19-13-7-16(8-14-19)27-24(30)20-5-3-4-6-21(20)26(32)33/h3-4,7-14,20-22H,2,5-6,15H2,1H3,(H,27,30)(H,32,33)/t20-,21+,22-/m1/s1. The van der Waals surface area contributed by atoms with Gasteiger partial charge >= 0.3 is 5.97 Å². The van der Waals surface area contributed by atoms with Gasteiger partial charge in [0.1, 0.15) is 5.75 Å². The molecule has 1 heterocycles. The molecule has 1 fully saturated rings. The molecule has 0 bridgehead atoms. The Morgan fingerprint density at radius 3 is 2.31 bits per heavy atom. The summed E-state index contributed by atoms with van der Waals surface area (Å²) >= 11 is 1.30. The largest absolute Gasteiger partial charge is 0.494 e. The van der Waals surface area contributed by atoms with E-state index in [1.165, 1.54) is 16.7 Å². The molecule has 3 atom stereocenters. The lowest BCUT2D eigenvalue weighted by atomic mass is 9.82. The van der Waals surface area contributed by atoms with Gasteiger partial charge in [-0.2, -0.15) is 0 Å². The van der Waals surface area contributed by atoms with Crippen LogP contribution in [0.1, 0.15) is 26.2 Å². The quantitative estimate of drug-likeness (QED) is 0.419. The van der Waals surface area contributed by atoms with Gasteiger partial charge in [-0.15, -0.1) is 11.8 Å². The second-order valence-electron chi connectivity index (χ2n) is 8.31. The van der Waals surface area contributed by atoms with E-state index >= 15 is 0 Å². The molecule has 182 valence electrons. The van der Waals surface area contributed by atoms with Crippen LogP contribution in [-0.2, 0) is 19.2 Å². The number of ether oxygens (including phenoxy) is 1. The maximum Gasteiger partial charge on any atom is 0.307 e. The first kappa shape index (κ1) is 24.5. The number of hydrogen-bond donors (Lipinski definition) is 2. The number of carbonyl (C=O) groups excluding carboxylic acids is 3. The lowest BCUT2D eigenvalue weighted by Gasteiger charge is -2.24. The molecule has 2 aromatic rings. The van der Waals surface area contributed by atoms with Crippen molar-refractivity contribution in [1.82, 2.24) is 0 Å². The smallest absolute Gasteiger partial charge is 0.307 e. The van der Waals surface area contributed by atoms with Gasteiger partial charge in [-0.25, -0.2) is 4.90 Å². The highest BCUT2D eigenvalue weighted by Crippen LogP contribution is 2.35. The van der Waals surface area contributed by atoms with Crippen LogP contribution in [0.4, 0.5) is 11.4 Å². The number of imide groups is 1. The molecule has 0 unspecified atom stereocenters. The van der Waals surface area contributed by atoms with Crippen LogP contribution in [0.5, 0.6) is 5.75 Å². The minimum atomic E-state index is -0.976. The lowest BCUT2D eigenvalue weighted by molar-refractivity contribution is -0.146. The summed E-state index contributed by atoms with van der Waals surface area (Å²) in [4.78, 5) is 51.6. The molecule has 8 nitrogen and oxygen atoms in total. The number of hydrogen-bond acceptors (Lipinski definition) is 6. The molecule has 2 aliphatic rings. The first-order chi connectivity index (χ1) is 16.9. The minimum Gasteiger partial charge on any atom is -0.494 e. The van der Waals surface area contributed by atoms with Gasteiger partial charge < -0.3 is 15.2 Å². The van der Waals surface area contributed by atoms with Crippen molar-refractivity contribution in [1.29, 1.82) is 0 Å². The molecule has 1 aliphatic heterocycles. The fourth-order valence-electron chi connectivity index (χ4n) is 4.22. The Balaban J connectivity index is 1.37. The molecule has 0 aromatic heterocycles. The van der Waals surface area contributed by atoms with Gasteiger partial charge in [-0.05, 0) is 68.3 Å². The van der Waals surface area contributed by atoms with E-state index in [1.54, 1.807) is 54.6 Å². The molecular weight excluding hydrogens is 468 g/mol. The molecular formula is C26H26N2O6S. The van der Waals surface area contributed by atoms with E-state index in [0.717, 1.165) is 4.90 Å². The number of amides is 3. The number of rotatable bonds is 8. The van der Waals surface area contributed by atoms with Gasteiger partial charge in [0.2, 0.25) is 17.7 Å². The normalized spacial score (nSPS) is 21.7. The minimum absolute atomic E-state index is 0.0982. The second kappa shape index (κ2) is 10.8. The van der Waals surface area contributed by atoms with E-state index in [2.05, 4.69) is 5.32 Å². The average molecular weight is 495 g/mol. The Morgan fingerprint density at radius 2 is 1.69 bits per heavy atom. The van der Waals surface area contributed by atoms with E-state index in [1.807, 2.05) is 13.0 Å². The van der Waals surface area contributed by atoms with E-state index < -0.39 is 23.1 Å². The number of carboxylic acid groups (broad SMARTS) is 1. The van der Waals surface area contributed by atoms with Gasteiger partial charge in [0, 0.05) is 17.0 Å². The number of anilines is 2. The van der Waals surface area contributed by atoms with E-state index in [0.29, 0.717) is 36.6 Å². The maximum atomic E-state index is 12.9. The Kier molecular flexibility index (Phi) is 7.55. The number of thioether (sulfide) groups is 1. The van der Waals surface area contributed by atoms with Crippen LogP contribution >= 0.6 is 11.8 Å². The van der Waals surface area contributed by atoms with E-state index in [-0.39, 0.29) is 24.1 Å². The zero-order valence-electron chi connectivity index (χ0n) is 19.2. The van der Waals surface area contributed by atoms with E-state index in [9.17, 15) is 24.3 Å². The van der Waals surface area contributed by atoms with Crippen LogP contribution in [0, 0.1) is 11.8 Å². The number of allylic oxidation sites excluding steroid dienone is 2. The molecule has 2 aromatic carbocycles. The summed E-state index contributed by atoms with van der Waals surface area (Å²) in [7, 11) is 0. The number of aliphatic carboxylic acids is 1. The number of nitrogens with one attached hydrogen (secondary N) is 1. The number of nitrogens with zero attached hydrogens (tertiary/aromatic N) is 1. The molecule has 1 aliphatic carbocycles. The van der Waals surface area contributed by atoms with Crippen molar-refractivity contribution in [3.63, 3.8) is 0 Å². The Labute approximate surface area is 207 Å². The van der Waals surface area contributed by atoms with Crippen LogP contribution in [0.25, 0.3) is 0 Å². The van der Waals surface area contributed by atoms with Crippen LogP contribution in [0.3, 0.4) is 0 Å². The SMILES string of the molecule is CCOc1ccc(N2C(=O)C[C@@H](Sc3ccc(NC(=O)[C@@H]4CC=CC[C@@H]4C(=O)O)cc3)C2=O)cc1. The number of benzene rings is 2. The van der Waals surface area contributed by atoms with Crippen LogP contribution in [-0.4, -0.2) is 40.7 Å². The third kappa shape index (κ3) is 5.57. The summed E-state index contributed by atoms with van der Waals surface area (Å²) in [6.07, 6.45) is 4.45. The van der Waals surface area contributed by atoms with Crippen LogP contribution in [0.2, 0.25) is 0 Å². The van der Waals surface area contributed by atoms with Gasteiger partial charge in [0.05, 0.1) is 29.4 Å². The highest BCUT2D eigenvalue weighted by molar-refractivity contribution is 8.00. The second-order valence-corrected chi connectivity index (χ2v) is 9.59. The van der Waals surface area contributed by atoms with Crippen molar-refractivity contribution in [2.45, 2.75) is 36.3 Å². The highest BCUT2D eigenvalue weighted by atomic mass is 32.2. The van der Waals surface area contributed by atoms with Crippen molar-refractivity contribution >= 4 is 46.8 Å². The topological polar surface area (TPSA) is 113 Å². The predicted molar refractivity (Wildman–Crippen MR) is 132 cm³/mol. The molecule has 35 heavy (non-hydrogen) atoms. The zero-order valence-corrected chi connectivity index (χ0v) is 20.0. The maximum absolute atomic E-state index is 12.9. The van der Waals surface area contributed by atoms with Crippen LogP contribution < -0.4 is 15.0 Å². The molecule has 1 saturated heterocycles. The molecule has 3 amide bonds. The first-order valence-corrected chi connectivity index (χ1v) is 12.3. The molecule has 2 N–H and O–H groups in total. The summed E-state index contributed by atoms with van der Waals surface area (Å²) < 4.78 is 5.41. The molecule has 0 saturated carbocycles. The summed E-state index contributed by atoms with van der Waals surface area (Å²) in [5.74, 6) is -2.52. The zero-order chi connectivity index (χ0) is 24.9. The highest BCUT2D eigenvalue weighted by Gasteiger charge is 2.40. The molecule has 4 rings (SSSR count). The number of carbonyl (C=O) groups is 4. The Hall–Kier alpha value is -3.59. The van der Waals surface area contributed by atoms with Gasteiger partial charge in [-0.1, -0.05) is 12.2 Å². The predicted octanol–water partition coefficient (Wildman–Crippen LogP) is 4.12. The molecule has 9 heteroatoms. The van der Waals surface area contributed by atoms with E-state index in [4.69, 9.17) is 4.74 Å². The van der Waals surface area contributed by atoms with Crippen molar-refractivity contribution in [3.8, 4) is 5.75 Å². The summed E-state index contributed by atoms with van der Waals surface area (Å²) in [5, 5.41) is 11.6. The third-order valence-corrected chi connectivity index (χ3v) is 7.19. The monoisotopic (exact) mass is 494 g/mol. The number of carboxylic acids is 1. The van der Waals surface area contributed by atoms with Crippen molar-refractivity contribution < 1.29 is 29.0 Å². The Morgan fingerprint density at radius 1 is 1.03 bits per heavy atom. The summed E-state index contributed by atoms with van der Waals surface area (Å²) in [6.45, 7) is 2.41. The molecule has 0 radical (unpaired) electrons. The van der Waals surface area contributed by atoms with Crippen molar-refractivity contribution in [2.75, 3.05) is 16.8 Å². The van der Waals surface area contributed by atoms with Gasteiger partial charge in [-0.3, -0.25) is 19.2 Å². The van der Waals surface area contributed by atoms with Gasteiger partial charge in [0.15, 0.2) is 0 Å². The molecule has 0 spiro atoms. The Bertz CT molecular complexity index is 1150. The van der Waals surface area contributed by atoms with Crippen LogP contribution in [0.15, 0.2) is 65.6 Å². The van der Waals surface area contributed by atoms with Gasteiger partial charge in [0.25, 0.3) is 0 Å². The lowest BCUT2D eigenvalue weighted by Crippen LogP contribution is -2.34. The third-order valence-electron chi connectivity index (χ3n) is 6.00. The summed E-state index contributed by atoms with van der Waals surface area (Å²) in [5.41, 5.74) is 1.06. The fraction of sp³-hybridized carbons (Fsp3) is 0.308. The summed E-state index contributed by atoms with van der Waals surface area (Å²) in [6, 6.07) is 13.8. The average Bonchev–Trinajstić information content (AvgIpc) is 3.13. The first-order valence-electron chi connectivity index (χ1n) is 11.4. The fourth-order valence-corrected chi connectivity index (χ4v) is 5.27.